The summed E-state index contributed by atoms with van der Waals surface area (Å²) in [6, 6.07) is 0. The van der Waals surface area contributed by atoms with Crippen LogP contribution in [0.3, 0.4) is 0 Å². The molecule has 2 aliphatic heterocycles. The maximum Gasteiger partial charge on any atom is 0.216 e. The van der Waals surface area contributed by atoms with E-state index in [-0.39, 0.29) is 0 Å². The highest BCUT2D eigenvalue weighted by molar-refractivity contribution is 7.99. The third-order valence-electron chi connectivity index (χ3n) is 2.78. The maximum absolute atomic E-state index is 9.64. The van der Waals surface area contributed by atoms with Crippen molar-refractivity contribution < 1.29 is 5.21 Å². The van der Waals surface area contributed by atoms with Gasteiger partial charge >= 0.3 is 0 Å². The Hall–Kier alpha value is -1.18. The number of allylic oxidation sites excluding steroid dienone is 4. The van der Waals surface area contributed by atoms with E-state index in [2.05, 4.69) is 15.1 Å². The van der Waals surface area contributed by atoms with Crippen molar-refractivity contribution in [2.45, 2.75) is 6.92 Å². The topological polar surface area (TPSA) is 51.4 Å². The van der Waals surface area contributed by atoms with Gasteiger partial charge in [0.2, 0.25) is 5.11 Å². The van der Waals surface area contributed by atoms with Crippen LogP contribution in [0.25, 0.3) is 0 Å². The second kappa shape index (κ2) is 6.83. The number of hydrogen-bond acceptors (Lipinski definition) is 5. The van der Waals surface area contributed by atoms with E-state index < -0.39 is 0 Å². The summed E-state index contributed by atoms with van der Waals surface area (Å²) < 4.78 is 0. The summed E-state index contributed by atoms with van der Waals surface area (Å²) in [5.74, 6) is 2.15. The van der Waals surface area contributed by atoms with E-state index >= 15 is 0 Å². The van der Waals surface area contributed by atoms with Crippen LogP contribution in [-0.4, -0.2) is 44.9 Å². The third-order valence-corrected chi connectivity index (χ3v) is 4.06. The Morgan fingerprint density at radius 1 is 1.32 bits per heavy atom. The molecule has 2 aliphatic rings. The summed E-state index contributed by atoms with van der Waals surface area (Å²) >= 11 is 7.17. The number of thioether (sulfide) groups is 1. The SMILES string of the molecule is C/C(N=NC(=S)N1CCSCC1)=C1/C=CC=CN1O. The molecular formula is C12H16N4OS2. The zero-order chi connectivity index (χ0) is 13.7. The molecule has 0 amide bonds. The van der Waals surface area contributed by atoms with Crippen LogP contribution in [0.4, 0.5) is 0 Å². The molecule has 0 aromatic rings. The fourth-order valence-corrected chi connectivity index (χ4v) is 2.83. The predicted molar refractivity (Wildman–Crippen MR) is 81.0 cm³/mol. The first kappa shape index (κ1) is 14.2. The summed E-state index contributed by atoms with van der Waals surface area (Å²) in [6.07, 6.45) is 6.90. The number of azo groups is 1. The highest BCUT2D eigenvalue weighted by Crippen LogP contribution is 2.16. The Morgan fingerprint density at radius 3 is 2.74 bits per heavy atom. The van der Waals surface area contributed by atoms with Crippen LogP contribution < -0.4 is 0 Å². The van der Waals surface area contributed by atoms with E-state index in [0.717, 1.165) is 29.7 Å². The van der Waals surface area contributed by atoms with Gasteiger partial charge in [-0.15, -0.1) is 5.11 Å². The van der Waals surface area contributed by atoms with Gasteiger partial charge in [0.25, 0.3) is 0 Å². The molecule has 0 aromatic carbocycles. The number of thiocarbonyl (C=S) groups is 1. The van der Waals surface area contributed by atoms with Gasteiger partial charge < -0.3 is 4.90 Å². The average molecular weight is 296 g/mol. The van der Waals surface area contributed by atoms with E-state index in [0.29, 0.717) is 16.5 Å². The van der Waals surface area contributed by atoms with E-state index in [1.165, 1.54) is 0 Å². The predicted octanol–water partition coefficient (Wildman–Crippen LogP) is 2.78. The molecule has 0 radical (unpaired) electrons. The minimum absolute atomic E-state index is 0.514. The number of hydroxylamine groups is 2. The quantitative estimate of drug-likeness (QED) is 0.595. The second-order valence-electron chi connectivity index (χ2n) is 4.10. The molecule has 0 aliphatic carbocycles. The fraction of sp³-hybridized carbons (Fsp3) is 0.417. The lowest BCUT2D eigenvalue weighted by molar-refractivity contribution is -0.00149. The van der Waals surface area contributed by atoms with Gasteiger partial charge in [-0.25, -0.2) is 5.06 Å². The van der Waals surface area contributed by atoms with Gasteiger partial charge in [0.1, 0.15) is 0 Å². The molecule has 7 heteroatoms. The lowest BCUT2D eigenvalue weighted by atomic mass is 10.2. The Bertz CT molecular complexity index is 464. The lowest BCUT2D eigenvalue weighted by Gasteiger charge is -2.25. The molecule has 0 spiro atoms. The lowest BCUT2D eigenvalue weighted by Crippen LogP contribution is -2.35. The monoisotopic (exact) mass is 296 g/mol. The van der Waals surface area contributed by atoms with Crippen molar-refractivity contribution >= 4 is 29.1 Å². The van der Waals surface area contributed by atoms with Gasteiger partial charge in [-0.3, -0.25) is 5.21 Å². The van der Waals surface area contributed by atoms with E-state index in [4.69, 9.17) is 12.2 Å². The molecule has 102 valence electrons. The van der Waals surface area contributed by atoms with Crippen molar-refractivity contribution in [2.75, 3.05) is 24.6 Å². The van der Waals surface area contributed by atoms with Gasteiger partial charge in [-0.2, -0.15) is 16.9 Å². The highest BCUT2D eigenvalue weighted by Gasteiger charge is 2.13. The van der Waals surface area contributed by atoms with Crippen LogP contribution in [0.15, 0.2) is 46.1 Å². The summed E-state index contributed by atoms with van der Waals surface area (Å²) in [5.41, 5.74) is 1.22. The van der Waals surface area contributed by atoms with Gasteiger partial charge in [0, 0.05) is 30.8 Å². The first-order valence-electron chi connectivity index (χ1n) is 6.01. The highest BCUT2D eigenvalue weighted by atomic mass is 32.2. The molecule has 5 nitrogen and oxygen atoms in total. The largest absolute Gasteiger partial charge is 0.344 e. The van der Waals surface area contributed by atoms with Crippen LogP contribution in [0.1, 0.15) is 6.92 Å². The summed E-state index contributed by atoms with van der Waals surface area (Å²) in [4.78, 5) is 2.06. The van der Waals surface area contributed by atoms with Crippen molar-refractivity contribution in [3.05, 3.63) is 35.8 Å². The van der Waals surface area contributed by atoms with Crippen molar-refractivity contribution in [3.8, 4) is 0 Å². The van der Waals surface area contributed by atoms with Gasteiger partial charge in [0.15, 0.2) is 0 Å². The summed E-state index contributed by atoms with van der Waals surface area (Å²) in [5, 5.41) is 19.4. The average Bonchev–Trinajstić information content (AvgIpc) is 2.46. The molecule has 0 aromatic heterocycles. The van der Waals surface area contributed by atoms with Crippen LogP contribution in [-0.2, 0) is 0 Å². The standard InChI is InChI=1S/C12H16N4OS2/c1-10(11-4-2-3-5-16(11)17)13-14-12(18)15-6-8-19-9-7-15/h2-5,17H,6-9H2,1H3/b11-10+,14-13?. The molecular weight excluding hydrogens is 280 g/mol. The summed E-state index contributed by atoms with van der Waals surface area (Å²) in [7, 11) is 0. The first-order chi connectivity index (χ1) is 9.18. The maximum atomic E-state index is 9.64. The molecule has 0 unspecified atom stereocenters. The molecule has 19 heavy (non-hydrogen) atoms. The van der Waals surface area contributed by atoms with E-state index in [9.17, 15) is 5.21 Å². The molecule has 0 atom stereocenters. The van der Waals surface area contributed by atoms with Gasteiger partial charge in [0.05, 0.1) is 11.4 Å². The third kappa shape index (κ3) is 3.89. The number of nitrogens with zero attached hydrogens (tertiary/aromatic N) is 4. The zero-order valence-corrected chi connectivity index (χ0v) is 12.3. The Labute approximate surface area is 122 Å². The Kier molecular flexibility index (Phi) is 5.12. The molecule has 1 saturated heterocycles. The minimum Gasteiger partial charge on any atom is -0.344 e. The van der Waals surface area contributed by atoms with E-state index in [1.54, 1.807) is 25.3 Å². The number of rotatable bonds is 1. The fourth-order valence-electron chi connectivity index (χ4n) is 1.71. The van der Waals surface area contributed by atoms with Gasteiger partial charge in [-0.1, -0.05) is 6.08 Å². The van der Waals surface area contributed by atoms with E-state index in [1.807, 2.05) is 17.8 Å². The molecule has 2 rings (SSSR count). The molecule has 2 heterocycles. The van der Waals surface area contributed by atoms with Gasteiger partial charge in [-0.05, 0) is 31.3 Å². The second-order valence-corrected chi connectivity index (χ2v) is 5.69. The van der Waals surface area contributed by atoms with Crippen LogP contribution in [0.5, 0.6) is 0 Å². The Balaban J connectivity index is 2.01. The van der Waals surface area contributed by atoms with Crippen LogP contribution >= 0.6 is 24.0 Å². The van der Waals surface area contributed by atoms with Crippen molar-refractivity contribution in [1.82, 2.24) is 9.96 Å². The first-order valence-corrected chi connectivity index (χ1v) is 7.57. The Morgan fingerprint density at radius 2 is 2.05 bits per heavy atom. The minimum atomic E-state index is 0.514. The van der Waals surface area contributed by atoms with Crippen molar-refractivity contribution in [1.29, 1.82) is 0 Å². The molecule has 0 bridgehead atoms. The normalized spacial score (nSPS) is 22.2. The molecule has 1 fully saturated rings. The van der Waals surface area contributed by atoms with Crippen molar-refractivity contribution in [3.63, 3.8) is 0 Å². The molecule has 1 N–H and O–H groups in total. The summed E-state index contributed by atoms with van der Waals surface area (Å²) in [6.45, 7) is 3.64. The van der Waals surface area contributed by atoms with Crippen LogP contribution in [0, 0.1) is 0 Å². The smallest absolute Gasteiger partial charge is 0.216 e. The number of hydrogen-bond donors (Lipinski definition) is 1. The van der Waals surface area contributed by atoms with Crippen LogP contribution in [0.2, 0.25) is 0 Å². The van der Waals surface area contributed by atoms with Crippen molar-refractivity contribution in [2.24, 2.45) is 10.2 Å². The molecule has 0 saturated carbocycles. The zero-order valence-electron chi connectivity index (χ0n) is 10.7.